The molecule has 3 aromatic rings. The molecule has 0 radical (unpaired) electrons. The Morgan fingerprint density at radius 2 is 1.78 bits per heavy atom. The lowest BCUT2D eigenvalue weighted by molar-refractivity contribution is 0.748. The SMILES string of the molecule is CCc1ccc(-c2[nH]c3ccc(C)cc3c2CCCCN)cc1. The zero-order valence-electron chi connectivity index (χ0n) is 14.2. The molecule has 23 heavy (non-hydrogen) atoms. The van der Waals surface area contributed by atoms with Crippen molar-refractivity contribution in [3.63, 3.8) is 0 Å². The molecular weight excluding hydrogens is 280 g/mol. The van der Waals surface area contributed by atoms with Gasteiger partial charge in [-0.25, -0.2) is 0 Å². The van der Waals surface area contributed by atoms with E-state index in [4.69, 9.17) is 5.73 Å². The van der Waals surface area contributed by atoms with Crippen LogP contribution in [-0.4, -0.2) is 11.5 Å². The van der Waals surface area contributed by atoms with Crippen molar-refractivity contribution in [3.05, 3.63) is 59.2 Å². The van der Waals surface area contributed by atoms with Gasteiger partial charge in [-0.2, -0.15) is 0 Å². The number of aromatic nitrogens is 1. The Balaban J connectivity index is 2.07. The Morgan fingerprint density at radius 3 is 2.48 bits per heavy atom. The lowest BCUT2D eigenvalue weighted by Gasteiger charge is -2.06. The van der Waals surface area contributed by atoms with Gasteiger partial charge in [0.05, 0.1) is 0 Å². The van der Waals surface area contributed by atoms with Gasteiger partial charge in [0.25, 0.3) is 0 Å². The number of nitrogens with two attached hydrogens (primary N) is 1. The molecule has 2 aromatic carbocycles. The second-order valence-corrected chi connectivity index (χ2v) is 6.32. The molecule has 1 heterocycles. The molecule has 3 N–H and O–H groups in total. The van der Waals surface area contributed by atoms with Crippen molar-refractivity contribution in [1.82, 2.24) is 4.98 Å². The number of aryl methyl sites for hydroxylation is 3. The predicted molar refractivity (Wildman–Crippen MR) is 99.8 cm³/mol. The Labute approximate surface area is 138 Å². The minimum Gasteiger partial charge on any atom is -0.354 e. The van der Waals surface area contributed by atoms with Crippen molar-refractivity contribution >= 4 is 10.9 Å². The number of unbranched alkanes of at least 4 members (excludes halogenated alkanes) is 1. The van der Waals surface area contributed by atoms with Crippen molar-refractivity contribution in [1.29, 1.82) is 0 Å². The van der Waals surface area contributed by atoms with Crippen LogP contribution in [0.5, 0.6) is 0 Å². The fourth-order valence-electron chi connectivity index (χ4n) is 3.22. The van der Waals surface area contributed by atoms with Gasteiger partial charge in [0.15, 0.2) is 0 Å². The summed E-state index contributed by atoms with van der Waals surface area (Å²) in [6.07, 6.45) is 4.37. The Morgan fingerprint density at radius 1 is 1.00 bits per heavy atom. The van der Waals surface area contributed by atoms with Gasteiger partial charge < -0.3 is 10.7 Å². The second-order valence-electron chi connectivity index (χ2n) is 6.32. The number of hydrogen-bond acceptors (Lipinski definition) is 1. The highest BCUT2D eigenvalue weighted by Gasteiger charge is 2.13. The number of aromatic amines is 1. The molecule has 3 rings (SSSR count). The van der Waals surface area contributed by atoms with E-state index in [1.54, 1.807) is 0 Å². The Bertz CT molecular complexity index is 781. The highest BCUT2D eigenvalue weighted by Crippen LogP contribution is 2.32. The summed E-state index contributed by atoms with van der Waals surface area (Å²) < 4.78 is 0. The number of rotatable bonds is 6. The van der Waals surface area contributed by atoms with E-state index in [0.717, 1.165) is 32.2 Å². The standard InChI is InChI=1S/C21H26N2/c1-3-16-8-10-17(11-9-16)21-18(6-4-5-13-22)19-14-15(2)7-12-20(19)23-21/h7-12,14,23H,3-6,13,22H2,1-2H3. The van der Waals surface area contributed by atoms with E-state index in [1.165, 1.54) is 38.9 Å². The van der Waals surface area contributed by atoms with Crippen LogP contribution >= 0.6 is 0 Å². The van der Waals surface area contributed by atoms with E-state index in [-0.39, 0.29) is 0 Å². The topological polar surface area (TPSA) is 41.8 Å². The summed E-state index contributed by atoms with van der Waals surface area (Å²) in [5.74, 6) is 0. The van der Waals surface area contributed by atoms with Crippen LogP contribution < -0.4 is 5.73 Å². The normalized spacial score (nSPS) is 11.3. The maximum Gasteiger partial charge on any atom is 0.0497 e. The van der Waals surface area contributed by atoms with Gasteiger partial charge in [-0.1, -0.05) is 42.8 Å². The zero-order valence-corrected chi connectivity index (χ0v) is 14.2. The monoisotopic (exact) mass is 306 g/mol. The minimum atomic E-state index is 0.766. The Hall–Kier alpha value is -2.06. The zero-order chi connectivity index (χ0) is 16.2. The maximum absolute atomic E-state index is 5.68. The lowest BCUT2D eigenvalue weighted by atomic mass is 9.98. The fourth-order valence-corrected chi connectivity index (χ4v) is 3.22. The fraction of sp³-hybridized carbons (Fsp3) is 0.333. The van der Waals surface area contributed by atoms with Crippen molar-refractivity contribution < 1.29 is 0 Å². The van der Waals surface area contributed by atoms with Crippen LogP contribution in [0.15, 0.2) is 42.5 Å². The number of nitrogens with one attached hydrogen (secondary N) is 1. The maximum atomic E-state index is 5.68. The molecule has 0 fully saturated rings. The molecule has 120 valence electrons. The smallest absolute Gasteiger partial charge is 0.0497 e. The number of fused-ring (bicyclic) bond motifs is 1. The molecule has 1 aromatic heterocycles. The van der Waals surface area contributed by atoms with E-state index in [0.29, 0.717) is 0 Å². The molecule has 0 saturated carbocycles. The first-order chi connectivity index (χ1) is 11.2. The summed E-state index contributed by atoms with van der Waals surface area (Å²) in [4.78, 5) is 3.64. The van der Waals surface area contributed by atoms with E-state index in [9.17, 15) is 0 Å². The van der Waals surface area contributed by atoms with Gasteiger partial charge in [0.2, 0.25) is 0 Å². The molecule has 0 aliphatic rings. The van der Waals surface area contributed by atoms with Crippen molar-refractivity contribution in [2.45, 2.75) is 39.5 Å². The predicted octanol–water partition coefficient (Wildman–Crippen LogP) is 4.99. The molecule has 0 unspecified atom stereocenters. The molecule has 0 aliphatic carbocycles. The lowest BCUT2D eigenvalue weighted by Crippen LogP contribution is -1.99. The van der Waals surface area contributed by atoms with E-state index >= 15 is 0 Å². The largest absolute Gasteiger partial charge is 0.354 e. The van der Waals surface area contributed by atoms with Crippen molar-refractivity contribution in [2.24, 2.45) is 5.73 Å². The molecule has 0 amide bonds. The summed E-state index contributed by atoms with van der Waals surface area (Å²) in [6, 6.07) is 15.6. The van der Waals surface area contributed by atoms with Crippen LogP contribution in [0.25, 0.3) is 22.2 Å². The quantitative estimate of drug-likeness (QED) is 0.619. The molecule has 2 heteroatoms. The molecule has 0 saturated heterocycles. The van der Waals surface area contributed by atoms with Gasteiger partial charge in [-0.05, 0) is 68.0 Å². The molecular formula is C21H26N2. The highest BCUT2D eigenvalue weighted by atomic mass is 14.7. The van der Waals surface area contributed by atoms with Gasteiger partial charge in [0, 0.05) is 16.6 Å². The minimum absolute atomic E-state index is 0.766. The number of benzene rings is 2. The van der Waals surface area contributed by atoms with Crippen LogP contribution in [-0.2, 0) is 12.8 Å². The molecule has 2 nitrogen and oxygen atoms in total. The molecule has 0 atom stereocenters. The first kappa shape index (κ1) is 15.8. The average Bonchev–Trinajstić information content (AvgIpc) is 2.93. The summed E-state index contributed by atoms with van der Waals surface area (Å²) in [7, 11) is 0. The third kappa shape index (κ3) is 3.32. The summed E-state index contributed by atoms with van der Waals surface area (Å²) in [5.41, 5.74) is 13.6. The van der Waals surface area contributed by atoms with E-state index < -0.39 is 0 Å². The molecule has 0 bridgehead atoms. The molecule has 0 spiro atoms. The Kier molecular flexibility index (Phi) is 4.82. The summed E-state index contributed by atoms with van der Waals surface area (Å²) >= 11 is 0. The van der Waals surface area contributed by atoms with Crippen molar-refractivity contribution in [3.8, 4) is 11.3 Å². The van der Waals surface area contributed by atoms with Crippen molar-refractivity contribution in [2.75, 3.05) is 6.54 Å². The average molecular weight is 306 g/mol. The van der Waals surface area contributed by atoms with Crippen LogP contribution in [0.4, 0.5) is 0 Å². The third-order valence-electron chi connectivity index (χ3n) is 4.59. The van der Waals surface area contributed by atoms with Gasteiger partial charge in [-0.3, -0.25) is 0 Å². The van der Waals surface area contributed by atoms with E-state index in [2.05, 4.69) is 61.3 Å². The number of hydrogen-bond donors (Lipinski definition) is 2. The van der Waals surface area contributed by atoms with Crippen LogP contribution in [0, 0.1) is 6.92 Å². The van der Waals surface area contributed by atoms with E-state index in [1.807, 2.05) is 0 Å². The van der Waals surface area contributed by atoms with Crippen LogP contribution in [0.3, 0.4) is 0 Å². The summed E-state index contributed by atoms with van der Waals surface area (Å²) in [6.45, 7) is 5.12. The third-order valence-corrected chi connectivity index (χ3v) is 4.59. The van der Waals surface area contributed by atoms with Gasteiger partial charge in [0.1, 0.15) is 0 Å². The van der Waals surface area contributed by atoms with Crippen LogP contribution in [0.2, 0.25) is 0 Å². The second kappa shape index (κ2) is 7.01. The first-order valence-corrected chi connectivity index (χ1v) is 8.63. The molecule has 0 aliphatic heterocycles. The van der Waals surface area contributed by atoms with Gasteiger partial charge >= 0.3 is 0 Å². The summed E-state index contributed by atoms with van der Waals surface area (Å²) in [5, 5.41) is 1.36. The van der Waals surface area contributed by atoms with Crippen LogP contribution in [0.1, 0.15) is 36.5 Å². The first-order valence-electron chi connectivity index (χ1n) is 8.63. The highest BCUT2D eigenvalue weighted by molar-refractivity contribution is 5.91. The number of H-pyrrole nitrogens is 1. The van der Waals surface area contributed by atoms with Gasteiger partial charge in [-0.15, -0.1) is 0 Å².